The Kier molecular flexibility index (Phi) is 8.40. The Morgan fingerprint density at radius 2 is 1.85 bits per heavy atom. The molecular formula is C29H31FN8O9S. The van der Waals surface area contributed by atoms with E-state index in [0.717, 1.165) is 11.0 Å². The van der Waals surface area contributed by atoms with Crippen molar-refractivity contribution in [1.29, 1.82) is 0 Å². The number of aromatic nitrogens is 1. The Morgan fingerprint density at radius 3 is 2.50 bits per heavy atom. The largest absolute Gasteiger partial charge is 0.487 e. The fraction of sp³-hybridized carbons (Fsp3) is 0.414. The Bertz CT molecular complexity index is 1920. The van der Waals surface area contributed by atoms with Crippen LogP contribution in [0.1, 0.15) is 30.2 Å². The molecule has 6 rings (SSSR count). The highest BCUT2D eigenvalue weighted by Crippen LogP contribution is 2.43. The normalized spacial score (nSPS) is 22.7. The van der Waals surface area contributed by atoms with Gasteiger partial charge in [-0.25, -0.2) is 19.0 Å². The van der Waals surface area contributed by atoms with Gasteiger partial charge in [-0.05, 0) is 13.0 Å². The van der Waals surface area contributed by atoms with Crippen LogP contribution < -0.4 is 26.5 Å². The predicted molar refractivity (Wildman–Crippen MR) is 171 cm³/mol. The third-order valence-electron chi connectivity index (χ3n) is 8.46. The number of hydrogen-bond donors (Lipinski definition) is 4. The summed E-state index contributed by atoms with van der Waals surface area (Å²) in [4.78, 5) is 73.5. The number of thioether (sulfide) groups is 1. The third-order valence-corrected chi connectivity index (χ3v) is 9.79. The number of aromatic carboxylic acids is 1. The number of carboxylic acid groups (broad SMARTS) is 2. The van der Waals surface area contributed by atoms with E-state index in [-0.39, 0.29) is 85.6 Å². The molecule has 0 aliphatic carbocycles. The summed E-state index contributed by atoms with van der Waals surface area (Å²) in [5.74, 6) is -4.56. The van der Waals surface area contributed by atoms with E-state index in [1.807, 2.05) is 0 Å². The molecule has 3 atom stereocenters. The number of esters is 1. The number of nitrogens with two attached hydrogens (primary N) is 2. The number of fused-ring (bicyclic) bond motifs is 1. The first-order chi connectivity index (χ1) is 22.8. The molecule has 0 bridgehead atoms. The van der Waals surface area contributed by atoms with Crippen molar-refractivity contribution in [3.63, 3.8) is 0 Å². The van der Waals surface area contributed by atoms with Gasteiger partial charge in [-0.3, -0.25) is 19.3 Å². The number of nitrogens with zero attached hydrogens (tertiary/aromatic N) is 6. The molecule has 2 fully saturated rings. The first kappa shape index (κ1) is 32.6. The molecule has 6 N–H and O–H groups in total. The van der Waals surface area contributed by atoms with Gasteiger partial charge in [0.25, 0.3) is 5.91 Å². The van der Waals surface area contributed by atoms with Gasteiger partial charge in [0, 0.05) is 50.6 Å². The summed E-state index contributed by atoms with van der Waals surface area (Å²) < 4.78 is 28.1. The van der Waals surface area contributed by atoms with Crippen molar-refractivity contribution in [1.82, 2.24) is 14.4 Å². The molecule has 4 aliphatic heterocycles. The molecular weight excluding hydrogens is 655 g/mol. The number of rotatable bonds is 6. The molecule has 2 saturated heterocycles. The van der Waals surface area contributed by atoms with Gasteiger partial charge >= 0.3 is 17.9 Å². The molecule has 1 amide bonds. The number of amides is 1. The van der Waals surface area contributed by atoms with E-state index in [0.29, 0.717) is 11.1 Å². The summed E-state index contributed by atoms with van der Waals surface area (Å²) in [5, 5.41) is 18.5. The molecule has 2 aromatic rings. The lowest BCUT2D eigenvalue weighted by molar-refractivity contribution is -0.148. The number of benzene rings is 1. The van der Waals surface area contributed by atoms with E-state index in [9.17, 15) is 34.2 Å². The van der Waals surface area contributed by atoms with Crippen LogP contribution in [0.2, 0.25) is 0 Å². The first-order valence-corrected chi connectivity index (χ1v) is 15.8. The molecule has 0 saturated carbocycles. The number of aliphatic imine (C=N–C) groups is 2. The minimum Gasteiger partial charge on any atom is -0.487 e. The fourth-order valence-electron chi connectivity index (χ4n) is 6.13. The summed E-state index contributed by atoms with van der Waals surface area (Å²) in [6.45, 7) is 4.01. The van der Waals surface area contributed by atoms with E-state index in [1.54, 1.807) is 21.3 Å². The highest BCUT2D eigenvalue weighted by atomic mass is 32.2. The lowest BCUT2D eigenvalue weighted by atomic mass is 10.0. The molecule has 3 unspecified atom stereocenters. The maximum absolute atomic E-state index is 15.6. The summed E-state index contributed by atoms with van der Waals surface area (Å²) in [7, 11) is 0. The standard InChI is InChI=1S/C29H31FN8O9S/c1-12-9-47-23-20-15(22(40)16(26(42)43)8-37(12)20)7-17(30)21(23)35-3-5-36(6-4-35)29(32)34-28(31)33-18-24(41)38-19(27(44)45)14(10-46-13(2)39)11-48-25(18)38/h7-8,12,18,25H,3-6,9-11H2,1-2H3,(H,42,43)(H,44,45)(H4,31,32,33,34). The van der Waals surface area contributed by atoms with Crippen LogP contribution in [0.15, 0.2) is 38.3 Å². The number of ether oxygens (including phenoxy) is 2. The van der Waals surface area contributed by atoms with Crippen LogP contribution in [-0.2, 0) is 19.1 Å². The van der Waals surface area contributed by atoms with Crippen molar-refractivity contribution < 1.29 is 43.3 Å². The Morgan fingerprint density at radius 1 is 1.15 bits per heavy atom. The Hall–Kier alpha value is -5.33. The summed E-state index contributed by atoms with van der Waals surface area (Å²) in [6, 6.07) is -0.246. The van der Waals surface area contributed by atoms with Crippen LogP contribution >= 0.6 is 11.8 Å². The molecule has 0 spiro atoms. The minimum atomic E-state index is -1.40. The van der Waals surface area contributed by atoms with Crippen molar-refractivity contribution in [3.05, 3.63) is 45.1 Å². The highest BCUT2D eigenvalue weighted by Gasteiger charge is 2.54. The van der Waals surface area contributed by atoms with E-state index in [1.165, 1.54) is 24.9 Å². The fourth-order valence-corrected chi connectivity index (χ4v) is 7.44. The lowest BCUT2D eigenvalue weighted by Gasteiger charge is -2.47. The van der Waals surface area contributed by atoms with Crippen molar-refractivity contribution in [2.45, 2.75) is 31.3 Å². The number of guanidine groups is 2. The molecule has 1 aromatic heterocycles. The average Bonchev–Trinajstić information content (AvgIpc) is 3.04. The van der Waals surface area contributed by atoms with Gasteiger partial charge in [0.1, 0.15) is 35.5 Å². The second-order valence-corrected chi connectivity index (χ2v) is 12.6. The van der Waals surface area contributed by atoms with Crippen molar-refractivity contribution in [3.8, 4) is 5.75 Å². The van der Waals surface area contributed by atoms with Crippen LogP contribution in [-0.4, -0.2) is 117 Å². The van der Waals surface area contributed by atoms with Crippen LogP contribution in [0.25, 0.3) is 10.9 Å². The Balaban J connectivity index is 1.17. The average molecular weight is 687 g/mol. The second-order valence-electron chi connectivity index (χ2n) is 11.5. The number of halogens is 1. The van der Waals surface area contributed by atoms with Gasteiger partial charge in [-0.1, -0.05) is 0 Å². The quantitative estimate of drug-likeness (QED) is 0.133. The number of aliphatic carboxylic acids is 1. The van der Waals surface area contributed by atoms with Crippen LogP contribution in [0, 0.1) is 5.82 Å². The zero-order valence-electron chi connectivity index (χ0n) is 25.7. The van der Waals surface area contributed by atoms with Crippen LogP contribution in [0.4, 0.5) is 10.1 Å². The molecule has 0 radical (unpaired) electrons. The van der Waals surface area contributed by atoms with Gasteiger partial charge < -0.3 is 45.5 Å². The van der Waals surface area contributed by atoms with Crippen LogP contribution in [0.5, 0.6) is 5.75 Å². The molecule has 17 nitrogen and oxygen atoms in total. The van der Waals surface area contributed by atoms with Crippen molar-refractivity contribution >= 4 is 64.1 Å². The zero-order chi connectivity index (χ0) is 34.6. The number of carboxylic acids is 2. The van der Waals surface area contributed by atoms with E-state index < -0.39 is 52.0 Å². The van der Waals surface area contributed by atoms with Gasteiger partial charge in [0.15, 0.2) is 23.6 Å². The number of hydrogen-bond acceptors (Lipinski definition) is 10. The van der Waals surface area contributed by atoms with E-state index in [4.69, 9.17) is 20.9 Å². The molecule has 5 heterocycles. The molecule has 1 aromatic carbocycles. The van der Waals surface area contributed by atoms with Gasteiger partial charge in [-0.2, -0.15) is 4.99 Å². The third kappa shape index (κ3) is 5.52. The molecule has 19 heteroatoms. The number of carbonyl (C=O) groups is 4. The number of β-lactam (4-membered cyclic amide) rings is 1. The minimum absolute atomic E-state index is 0.00560. The number of anilines is 1. The SMILES string of the molecule is CC(=O)OCC1=C(C(=O)O)N2C(=O)C(N=C(N)/N=C(\N)N3CCN(c4c(F)cc5c(=O)c(C(=O)O)cn6c5c4OCC6C)CC3)C2SC1. The first-order valence-electron chi connectivity index (χ1n) is 14.8. The number of carbonyl (C=O) groups excluding carboxylic acids is 2. The molecule has 4 aliphatic rings. The van der Waals surface area contributed by atoms with Crippen LogP contribution in [0.3, 0.4) is 0 Å². The van der Waals surface area contributed by atoms with Gasteiger partial charge in [-0.15, -0.1) is 11.8 Å². The van der Waals surface area contributed by atoms with Crippen molar-refractivity contribution in [2.75, 3.05) is 50.0 Å². The molecule has 254 valence electrons. The Labute approximate surface area is 275 Å². The van der Waals surface area contributed by atoms with Crippen molar-refractivity contribution in [2.24, 2.45) is 21.5 Å². The maximum Gasteiger partial charge on any atom is 0.352 e. The number of piperazine rings is 1. The summed E-state index contributed by atoms with van der Waals surface area (Å²) in [5.41, 5.74) is 11.5. The maximum atomic E-state index is 15.6. The second kappa shape index (κ2) is 12.4. The summed E-state index contributed by atoms with van der Waals surface area (Å²) >= 11 is 1.25. The summed E-state index contributed by atoms with van der Waals surface area (Å²) in [6.07, 6.45) is 1.26. The topological polar surface area (TPSA) is 236 Å². The number of pyridine rings is 1. The van der Waals surface area contributed by atoms with E-state index >= 15 is 4.39 Å². The zero-order valence-corrected chi connectivity index (χ0v) is 26.5. The predicted octanol–water partition coefficient (Wildman–Crippen LogP) is -0.271. The van der Waals surface area contributed by atoms with Gasteiger partial charge in [0.2, 0.25) is 11.4 Å². The van der Waals surface area contributed by atoms with Gasteiger partial charge in [0.05, 0.1) is 16.9 Å². The highest BCUT2D eigenvalue weighted by molar-refractivity contribution is 8.00. The van der Waals surface area contributed by atoms with E-state index in [2.05, 4.69) is 9.98 Å². The monoisotopic (exact) mass is 686 g/mol. The molecule has 48 heavy (non-hydrogen) atoms. The lowest BCUT2D eigenvalue weighted by Crippen LogP contribution is -2.64. The smallest absolute Gasteiger partial charge is 0.352 e.